The summed E-state index contributed by atoms with van der Waals surface area (Å²) < 4.78 is 61.3. The molecule has 1 aromatic carbocycles. The van der Waals surface area contributed by atoms with E-state index in [-0.39, 0.29) is 4.90 Å². The molecule has 0 unspecified atom stereocenters. The van der Waals surface area contributed by atoms with E-state index in [0.717, 1.165) is 12.1 Å². The zero-order valence-electron chi connectivity index (χ0n) is 11.0. The summed E-state index contributed by atoms with van der Waals surface area (Å²) in [5.41, 5.74) is 0.904. The Balaban J connectivity index is 2.63. The molecule has 1 rings (SSSR count). The lowest BCUT2D eigenvalue weighted by molar-refractivity contribution is -0.132. The van der Waals surface area contributed by atoms with E-state index in [1.165, 1.54) is 12.1 Å². The zero-order valence-corrected chi connectivity index (χ0v) is 11.8. The lowest BCUT2D eigenvalue weighted by atomic mass is 10.2. The van der Waals surface area contributed by atoms with Crippen molar-refractivity contribution in [2.45, 2.75) is 31.0 Å². The Morgan fingerprint density at radius 3 is 2.25 bits per heavy atom. The molecule has 0 spiro atoms. The first kappa shape index (κ1) is 16.9. The van der Waals surface area contributed by atoms with Gasteiger partial charge in [-0.25, -0.2) is 13.1 Å². The number of sulfonamides is 1. The van der Waals surface area contributed by atoms with Crippen LogP contribution in [0.5, 0.6) is 0 Å². The summed E-state index contributed by atoms with van der Waals surface area (Å²) in [7, 11) is -3.89. The van der Waals surface area contributed by atoms with Crippen molar-refractivity contribution in [1.82, 2.24) is 10.0 Å². The second-order valence-electron chi connectivity index (χ2n) is 4.19. The Bertz CT molecular complexity index is 512. The third-order valence-electron chi connectivity index (χ3n) is 2.51. The first-order chi connectivity index (χ1) is 9.24. The van der Waals surface area contributed by atoms with Crippen LogP contribution in [0.3, 0.4) is 0 Å². The molecule has 114 valence electrons. The molecule has 8 heteroatoms. The number of rotatable bonds is 7. The Labute approximate surface area is 116 Å². The van der Waals surface area contributed by atoms with E-state index >= 15 is 0 Å². The molecule has 0 bridgehead atoms. The summed E-state index contributed by atoms with van der Waals surface area (Å²) in [6, 6.07) is 6.01. The summed E-state index contributed by atoms with van der Waals surface area (Å²) in [4.78, 5) is -0.0417. The molecule has 0 fully saturated rings. The highest BCUT2D eigenvalue weighted by atomic mass is 32.2. The summed E-state index contributed by atoms with van der Waals surface area (Å²) in [6.07, 6.45) is -5.57. The largest absolute Gasteiger partial charge is 0.390 e. The fourth-order valence-corrected chi connectivity index (χ4v) is 2.50. The van der Waals surface area contributed by atoms with Gasteiger partial charge in [0.1, 0.15) is 0 Å². The quantitative estimate of drug-likeness (QED) is 0.810. The highest BCUT2D eigenvalue weighted by Gasteiger charge is 2.27. The van der Waals surface area contributed by atoms with Crippen molar-refractivity contribution >= 4 is 10.0 Å². The van der Waals surface area contributed by atoms with E-state index in [9.17, 15) is 21.6 Å². The molecule has 4 nitrogen and oxygen atoms in total. The Morgan fingerprint density at radius 2 is 1.75 bits per heavy atom. The second kappa shape index (κ2) is 7.05. The van der Waals surface area contributed by atoms with Crippen LogP contribution in [0.2, 0.25) is 0 Å². The highest BCUT2D eigenvalue weighted by molar-refractivity contribution is 7.89. The predicted octanol–water partition coefficient (Wildman–Crippen LogP) is 2.03. The average Bonchev–Trinajstić information content (AvgIpc) is 2.35. The smallest absolute Gasteiger partial charge is 0.313 e. The highest BCUT2D eigenvalue weighted by Crippen LogP contribution is 2.19. The molecular formula is C12H17F3N2O2S. The van der Waals surface area contributed by atoms with Gasteiger partial charge in [-0.2, -0.15) is 13.2 Å². The fourth-order valence-electron chi connectivity index (χ4n) is 1.47. The second-order valence-corrected chi connectivity index (χ2v) is 5.95. The Hall–Kier alpha value is -1.12. The topological polar surface area (TPSA) is 58.2 Å². The molecule has 0 aromatic heterocycles. The van der Waals surface area contributed by atoms with Crippen molar-refractivity contribution in [2.75, 3.05) is 13.1 Å². The van der Waals surface area contributed by atoms with E-state index in [2.05, 4.69) is 5.32 Å². The lowest BCUT2D eigenvalue weighted by Crippen LogP contribution is -2.28. The van der Waals surface area contributed by atoms with Crippen LogP contribution in [-0.2, 0) is 16.6 Å². The molecule has 2 N–H and O–H groups in total. The van der Waals surface area contributed by atoms with Gasteiger partial charge in [-0.15, -0.1) is 0 Å². The molecule has 0 saturated carbocycles. The maximum absolute atomic E-state index is 12.0. The number of benzene rings is 1. The van der Waals surface area contributed by atoms with Crippen LogP contribution in [0.25, 0.3) is 0 Å². The lowest BCUT2D eigenvalue weighted by Gasteiger charge is -2.09. The number of nitrogens with one attached hydrogen (secondary N) is 2. The number of halogens is 3. The Morgan fingerprint density at radius 1 is 1.15 bits per heavy atom. The van der Waals surface area contributed by atoms with Gasteiger partial charge in [0.15, 0.2) is 0 Å². The zero-order chi connectivity index (χ0) is 15.2. The summed E-state index contributed by atoms with van der Waals surface area (Å²) in [5, 5.41) is 3.08. The van der Waals surface area contributed by atoms with Crippen molar-refractivity contribution in [3.63, 3.8) is 0 Å². The minimum atomic E-state index is -4.38. The summed E-state index contributed by atoms with van der Waals surface area (Å²) >= 11 is 0. The fraction of sp³-hybridized carbons (Fsp3) is 0.500. The van der Waals surface area contributed by atoms with Crippen molar-refractivity contribution in [3.05, 3.63) is 29.8 Å². The van der Waals surface area contributed by atoms with E-state index < -0.39 is 29.2 Å². The van der Waals surface area contributed by atoms with E-state index in [1.807, 2.05) is 11.6 Å². The maximum Gasteiger partial charge on any atom is 0.390 e. The van der Waals surface area contributed by atoms with Gasteiger partial charge in [0.05, 0.1) is 11.3 Å². The Kier molecular flexibility index (Phi) is 5.97. The van der Waals surface area contributed by atoms with E-state index in [0.29, 0.717) is 6.54 Å². The molecule has 0 saturated heterocycles. The maximum atomic E-state index is 12.0. The number of hydrogen-bond donors (Lipinski definition) is 2. The molecule has 0 heterocycles. The molecule has 0 aliphatic carbocycles. The van der Waals surface area contributed by atoms with Gasteiger partial charge in [-0.1, -0.05) is 19.1 Å². The molecule has 0 atom stereocenters. The molecule has 20 heavy (non-hydrogen) atoms. The number of hydrogen-bond acceptors (Lipinski definition) is 3. The van der Waals surface area contributed by atoms with Crippen LogP contribution in [-0.4, -0.2) is 27.7 Å². The van der Waals surface area contributed by atoms with Crippen molar-refractivity contribution < 1.29 is 21.6 Å². The van der Waals surface area contributed by atoms with Crippen LogP contribution < -0.4 is 10.0 Å². The normalized spacial score (nSPS) is 12.6. The molecule has 1 aromatic rings. The average molecular weight is 310 g/mol. The van der Waals surface area contributed by atoms with Crippen LogP contribution in [0, 0.1) is 0 Å². The standard InChI is InChI=1S/C12H17F3N2O2S/c1-2-16-9-10-3-5-11(6-4-10)20(18,19)17-8-7-12(13,14)15/h3-6,16-17H,2,7-9H2,1H3. The molecule has 0 radical (unpaired) electrons. The van der Waals surface area contributed by atoms with Gasteiger partial charge in [0, 0.05) is 13.1 Å². The van der Waals surface area contributed by atoms with Crippen LogP contribution >= 0.6 is 0 Å². The van der Waals surface area contributed by atoms with Crippen molar-refractivity contribution in [3.8, 4) is 0 Å². The molecular weight excluding hydrogens is 293 g/mol. The first-order valence-corrected chi connectivity index (χ1v) is 7.59. The van der Waals surface area contributed by atoms with Crippen LogP contribution in [0.1, 0.15) is 18.9 Å². The van der Waals surface area contributed by atoms with Gasteiger partial charge >= 0.3 is 6.18 Å². The molecule has 0 amide bonds. The van der Waals surface area contributed by atoms with Gasteiger partial charge in [-0.05, 0) is 24.2 Å². The predicted molar refractivity (Wildman–Crippen MR) is 69.7 cm³/mol. The van der Waals surface area contributed by atoms with E-state index in [1.54, 1.807) is 12.1 Å². The van der Waals surface area contributed by atoms with Gasteiger partial charge < -0.3 is 5.32 Å². The first-order valence-electron chi connectivity index (χ1n) is 6.10. The summed E-state index contributed by atoms with van der Waals surface area (Å²) in [5.74, 6) is 0. The third-order valence-corrected chi connectivity index (χ3v) is 3.99. The van der Waals surface area contributed by atoms with Gasteiger partial charge in [0.2, 0.25) is 10.0 Å². The molecule has 0 aliphatic rings. The van der Waals surface area contributed by atoms with Crippen LogP contribution in [0.4, 0.5) is 13.2 Å². The monoisotopic (exact) mass is 310 g/mol. The SMILES string of the molecule is CCNCc1ccc(S(=O)(=O)NCCC(F)(F)F)cc1. The number of alkyl halides is 3. The van der Waals surface area contributed by atoms with E-state index in [4.69, 9.17) is 0 Å². The van der Waals surface area contributed by atoms with Crippen LogP contribution in [0.15, 0.2) is 29.2 Å². The van der Waals surface area contributed by atoms with Crippen molar-refractivity contribution in [2.24, 2.45) is 0 Å². The van der Waals surface area contributed by atoms with Gasteiger partial charge in [0.25, 0.3) is 0 Å². The molecule has 0 aliphatic heterocycles. The van der Waals surface area contributed by atoms with Gasteiger partial charge in [-0.3, -0.25) is 0 Å². The minimum Gasteiger partial charge on any atom is -0.313 e. The third kappa shape index (κ3) is 5.89. The summed E-state index contributed by atoms with van der Waals surface area (Å²) in [6.45, 7) is 2.69. The minimum absolute atomic E-state index is 0.0417. The van der Waals surface area contributed by atoms with Crippen molar-refractivity contribution in [1.29, 1.82) is 0 Å².